The monoisotopic (exact) mass is 255 g/mol. The van der Waals surface area contributed by atoms with Gasteiger partial charge in [0, 0.05) is 6.04 Å². The van der Waals surface area contributed by atoms with Crippen molar-refractivity contribution in [3.05, 3.63) is 0 Å². The predicted octanol–water partition coefficient (Wildman–Crippen LogP) is 1.92. The number of aliphatic hydroxyl groups is 2. The highest BCUT2D eigenvalue weighted by atomic mass is 16.3. The van der Waals surface area contributed by atoms with Crippen LogP contribution in [0, 0.1) is 17.8 Å². The highest BCUT2D eigenvalue weighted by molar-refractivity contribution is 4.91. The summed E-state index contributed by atoms with van der Waals surface area (Å²) in [6.07, 6.45) is 5.85. The van der Waals surface area contributed by atoms with Crippen molar-refractivity contribution in [2.75, 3.05) is 6.54 Å². The normalized spacial score (nSPS) is 40.8. The highest BCUT2D eigenvalue weighted by Gasteiger charge is 2.40. The van der Waals surface area contributed by atoms with E-state index in [1.807, 2.05) is 0 Å². The van der Waals surface area contributed by atoms with Crippen molar-refractivity contribution in [2.45, 2.75) is 70.6 Å². The van der Waals surface area contributed by atoms with E-state index in [9.17, 15) is 10.2 Å². The predicted molar refractivity (Wildman–Crippen MR) is 73.3 cm³/mol. The van der Waals surface area contributed by atoms with Crippen LogP contribution in [0.2, 0.25) is 0 Å². The Morgan fingerprint density at radius 1 is 1.11 bits per heavy atom. The van der Waals surface area contributed by atoms with E-state index in [1.54, 1.807) is 0 Å². The van der Waals surface area contributed by atoms with E-state index in [2.05, 4.69) is 19.2 Å². The van der Waals surface area contributed by atoms with Gasteiger partial charge in [0.2, 0.25) is 0 Å². The van der Waals surface area contributed by atoms with Crippen LogP contribution in [-0.4, -0.2) is 35.0 Å². The summed E-state index contributed by atoms with van der Waals surface area (Å²) in [5.41, 5.74) is 0. The van der Waals surface area contributed by atoms with Gasteiger partial charge < -0.3 is 15.5 Å². The molecule has 3 heteroatoms. The van der Waals surface area contributed by atoms with Gasteiger partial charge in [0.1, 0.15) is 0 Å². The second-order valence-electron chi connectivity index (χ2n) is 6.64. The van der Waals surface area contributed by atoms with Crippen molar-refractivity contribution in [3.8, 4) is 0 Å². The molecule has 2 rings (SSSR count). The molecule has 0 aromatic heterocycles. The molecule has 18 heavy (non-hydrogen) atoms. The van der Waals surface area contributed by atoms with Gasteiger partial charge >= 0.3 is 0 Å². The number of fused-ring (bicyclic) bond motifs is 1. The highest BCUT2D eigenvalue weighted by Crippen LogP contribution is 2.43. The molecule has 5 unspecified atom stereocenters. The molecular weight excluding hydrogens is 226 g/mol. The Morgan fingerprint density at radius 2 is 1.83 bits per heavy atom. The zero-order valence-electron chi connectivity index (χ0n) is 11.8. The van der Waals surface area contributed by atoms with Gasteiger partial charge in [0.15, 0.2) is 0 Å². The minimum atomic E-state index is -0.473. The standard InChI is InChI=1S/C15H29NO2/c1-10(2)16-8-7-11-3-4-12-5-6-14(17)15(18)13(12)9-11/h10-18H,3-9H2,1-2H3. The lowest BCUT2D eigenvalue weighted by atomic mass is 9.65. The van der Waals surface area contributed by atoms with Crippen LogP contribution in [0.3, 0.4) is 0 Å². The van der Waals surface area contributed by atoms with Crippen LogP contribution < -0.4 is 5.32 Å². The Hall–Kier alpha value is -0.120. The summed E-state index contributed by atoms with van der Waals surface area (Å²) in [6.45, 7) is 5.44. The van der Waals surface area contributed by atoms with E-state index in [-0.39, 0.29) is 0 Å². The Bertz CT molecular complexity index is 255. The topological polar surface area (TPSA) is 52.5 Å². The fraction of sp³-hybridized carbons (Fsp3) is 1.00. The third-order valence-electron chi connectivity index (χ3n) is 4.93. The van der Waals surface area contributed by atoms with E-state index in [0.29, 0.717) is 17.9 Å². The molecule has 0 amide bonds. The lowest BCUT2D eigenvalue weighted by Gasteiger charge is -2.44. The molecule has 0 bridgehead atoms. The molecule has 5 atom stereocenters. The van der Waals surface area contributed by atoms with E-state index < -0.39 is 12.2 Å². The minimum absolute atomic E-state index is 0.353. The molecule has 0 saturated heterocycles. The van der Waals surface area contributed by atoms with Crippen LogP contribution >= 0.6 is 0 Å². The molecule has 3 nitrogen and oxygen atoms in total. The van der Waals surface area contributed by atoms with Crippen molar-refractivity contribution < 1.29 is 10.2 Å². The number of nitrogens with one attached hydrogen (secondary N) is 1. The summed E-state index contributed by atoms with van der Waals surface area (Å²) >= 11 is 0. The molecule has 0 heterocycles. The smallest absolute Gasteiger partial charge is 0.0829 e. The Kier molecular flexibility index (Phi) is 5.05. The molecule has 0 spiro atoms. The van der Waals surface area contributed by atoms with E-state index >= 15 is 0 Å². The zero-order valence-corrected chi connectivity index (χ0v) is 11.8. The maximum atomic E-state index is 10.1. The fourth-order valence-corrected chi connectivity index (χ4v) is 3.82. The molecule has 2 aliphatic rings. The summed E-state index contributed by atoms with van der Waals surface area (Å²) in [4.78, 5) is 0. The van der Waals surface area contributed by atoms with Gasteiger partial charge in [-0.2, -0.15) is 0 Å². The van der Waals surface area contributed by atoms with Crippen LogP contribution in [0.15, 0.2) is 0 Å². The first-order valence-electron chi connectivity index (χ1n) is 7.67. The Labute approximate surface area is 111 Å². The molecule has 2 aliphatic carbocycles. The molecule has 2 saturated carbocycles. The third-order valence-corrected chi connectivity index (χ3v) is 4.93. The first-order chi connectivity index (χ1) is 8.58. The molecule has 3 N–H and O–H groups in total. The second kappa shape index (κ2) is 6.36. The van der Waals surface area contributed by atoms with Gasteiger partial charge in [0.05, 0.1) is 12.2 Å². The van der Waals surface area contributed by atoms with E-state index in [0.717, 1.165) is 31.7 Å². The molecule has 0 aromatic carbocycles. The van der Waals surface area contributed by atoms with Crippen molar-refractivity contribution in [1.29, 1.82) is 0 Å². The first-order valence-corrected chi connectivity index (χ1v) is 7.67. The molecule has 106 valence electrons. The van der Waals surface area contributed by atoms with Gasteiger partial charge in [-0.15, -0.1) is 0 Å². The van der Waals surface area contributed by atoms with Gasteiger partial charge in [-0.1, -0.05) is 20.3 Å². The van der Waals surface area contributed by atoms with Gasteiger partial charge in [-0.05, 0) is 56.4 Å². The van der Waals surface area contributed by atoms with Crippen molar-refractivity contribution in [3.63, 3.8) is 0 Å². The minimum Gasteiger partial charge on any atom is -0.390 e. The zero-order chi connectivity index (χ0) is 13.1. The third kappa shape index (κ3) is 3.46. The van der Waals surface area contributed by atoms with Gasteiger partial charge in [-0.25, -0.2) is 0 Å². The average molecular weight is 255 g/mol. The SMILES string of the molecule is CC(C)NCCC1CCC2CCC(O)C(O)C2C1. The Balaban J connectivity index is 1.80. The summed E-state index contributed by atoms with van der Waals surface area (Å²) < 4.78 is 0. The largest absolute Gasteiger partial charge is 0.390 e. The van der Waals surface area contributed by atoms with Crippen LogP contribution in [0.25, 0.3) is 0 Å². The summed E-state index contributed by atoms with van der Waals surface area (Å²) in [7, 11) is 0. The van der Waals surface area contributed by atoms with Crippen LogP contribution in [0.1, 0.15) is 52.4 Å². The van der Waals surface area contributed by atoms with Crippen LogP contribution in [0.4, 0.5) is 0 Å². The molecule has 2 fully saturated rings. The fourth-order valence-electron chi connectivity index (χ4n) is 3.82. The molecule has 0 aliphatic heterocycles. The summed E-state index contributed by atoms with van der Waals surface area (Å²) in [5, 5.41) is 23.4. The van der Waals surface area contributed by atoms with Crippen molar-refractivity contribution in [2.24, 2.45) is 17.8 Å². The average Bonchev–Trinajstić information content (AvgIpc) is 2.34. The van der Waals surface area contributed by atoms with Crippen molar-refractivity contribution >= 4 is 0 Å². The second-order valence-corrected chi connectivity index (χ2v) is 6.64. The van der Waals surface area contributed by atoms with Gasteiger partial charge in [0.25, 0.3) is 0 Å². The Morgan fingerprint density at radius 3 is 2.56 bits per heavy atom. The van der Waals surface area contributed by atoms with Crippen molar-refractivity contribution in [1.82, 2.24) is 5.32 Å². The molecule has 0 radical (unpaired) electrons. The van der Waals surface area contributed by atoms with E-state index in [1.165, 1.54) is 19.3 Å². The van der Waals surface area contributed by atoms with E-state index in [4.69, 9.17) is 0 Å². The number of aliphatic hydroxyl groups excluding tert-OH is 2. The molecular formula is C15H29NO2. The quantitative estimate of drug-likeness (QED) is 0.719. The maximum Gasteiger partial charge on any atom is 0.0829 e. The lowest BCUT2D eigenvalue weighted by Crippen LogP contribution is -2.45. The summed E-state index contributed by atoms with van der Waals surface area (Å²) in [6, 6.07) is 0.559. The lowest BCUT2D eigenvalue weighted by molar-refractivity contribution is -0.0864. The van der Waals surface area contributed by atoms with Crippen LogP contribution in [-0.2, 0) is 0 Å². The van der Waals surface area contributed by atoms with Crippen LogP contribution in [0.5, 0.6) is 0 Å². The molecule has 0 aromatic rings. The summed E-state index contributed by atoms with van der Waals surface area (Å²) in [5.74, 6) is 1.75. The number of rotatable bonds is 4. The number of hydrogen-bond acceptors (Lipinski definition) is 3. The maximum absolute atomic E-state index is 10.1. The van der Waals surface area contributed by atoms with Gasteiger partial charge in [-0.3, -0.25) is 0 Å². The first kappa shape index (κ1) is 14.3. The number of hydrogen-bond donors (Lipinski definition) is 3.